The molecular weight excluding hydrogens is 504 g/mol. The van der Waals surface area contributed by atoms with Crippen LogP contribution in [0.15, 0.2) is 51.4 Å². The molecule has 2 aromatic heterocycles. The molecule has 0 aliphatic carbocycles. The van der Waals surface area contributed by atoms with E-state index in [1.807, 2.05) is 37.3 Å². The summed E-state index contributed by atoms with van der Waals surface area (Å²) in [5, 5.41) is 8.51. The molecular formula is C20H14Br2N4OS. The lowest BCUT2D eigenvalue weighted by Crippen LogP contribution is -2.24. The zero-order valence-electron chi connectivity index (χ0n) is 14.7. The van der Waals surface area contributed by atoms with Crippen molar-refractivity contribution in [2.75, 3.05) is 5.32 Å². The SMILES string of the molecule is Cc1nn(-c2nc3ccc(Br)cc3s2)c2c1[C@H](c1ccc(Br)cc1)CC(=O)N2. The van der Waals surface area contributed by atoms with E-state index in [9.17, 15) is 4.79 Å². The van der Waals surface area contributed by atoms with Gasteiger partial charge >= 0.3 is 0 Å². The summed E-state index contributed by atoms with van der Waals surface area (Å²) in [6.07, 6.45) is 0.411. The third-order valence-electron chi connectivity index (χ3n) is 4.90. The van der Waals surface area contributed by atoms with Crippen molar-refractivity contribution in [1.82, 2.24) is 14.8 Å². The largest absolute Gasteiger partial charge is 0.310 e. The van der Waals surface area contributed by atoms with E-state index in [1.165, 1.54) is 0 Å². The fraction of sp³-hybridized carbons (Fsp3) is 0.150. The second-order valence-corrected chi connectivity index (χ2v) is 9.56. The van der Waals surface area contributed by atoms with Crippen LogP contribution in [0, 0.1) is 6.92 Å². The average Bonchev–Trinajstić information content (AvgIpc) is 3.22. The molecule has 2 aromatic carbocycles. The third kappa shape index (κ3) is 3.00. The van der Waals surface area contributed by atoms with Crippen LogP contribution in [0.3, 0.4) is 0 Å². The molecule has 140 valence electrons. The van der Waals surface area contributed by atoms with Crippen LogP contribution in [-0.2, 0) is 4.79 Å². The van der Waals surface area contributed by atoms with Gasteiger partial charge < -0.3 is 5.32 Å². The van der Waals surface area contributed by atoms with E-state index in [2.05, 4.69) is 49.3 Å². The molecule has 0 spiro atoms. The number of aromatic nitrogens is 3. The molecule has 0 unspecified atom stereocenters. The van der Waals surface area contributed by atoms with Crippen LogP contribution < -0.4 is 5.32 Å². The summed E-state index contributed by atoms with van der Waals surface area (Å²) in [5.41, 5.74) is 3.98. The molecule has 28 heavy (non-hydrogen) atoms. The molecule has 8 heteroatoms. The van der Waals surface area contributed by atoms with Gasteiger partial charge in [0, 0.05) is 26.8 Å². The number of carbonyl (C=O) groups excluding carboxylic acids is 1. The van der Waals surface area contributed by atoms with Crippen LogP contribution in [0.1, 0.15) is 29.2 Å². The summed E-state index contributed by atoms with van der Waals surface area (Å²) in [6, 6.07) is 14.1. The predicted octanol–water partition coefficient (Wildman–Crippen LogP) is 5.79. The van der Waals surface area contributed by atoms with E-state index in [4.69, 9.17) is 10.1 Å². The fourth-order valence-corrected chi connectivity index (χ4v) is 5.38. The molecule has 5 nitrogen and oxygen atoms in total. The third-order valence-corrected chi connectivity index (χ3v) is 6.91. The summed E-state index contributed by atoms with van der Waals surface area (Å²) in [7, 11) is 0. The number of fused-ring (bicyclic) bond motifs is 2. The minimum absolute atomic E-state index is 0.00887. The second-order valence-electron chi connectivity index (χ2n) is 6.72. The van der Waals surface area contributed by atoms with Crippen LogP contribution in [0.4, 0.5) is 5.82 Å². The van der Waals surface area contributed by atoms with E-state index in [-0.39, 0.29) is 11.8 Å². The number of thiazole rings is 1. The maximum atomic E-state index is 12.5. The smallest absolute Gasteiger partial charge is 0.226 e. The van der Waals surface area contributed by atoms with Gasteiger partial charge in [-0.3, -0.25) is 4.79 Å². The van der Waals surface area contributed by atoms with Gasteiger partial charge in [0.15, 0.2) is 0 Å². The number of nitrogens with zero attached hydrogens (tertiary/aromatic N) is 3. The Morgan fingerprint density at radius 1 is 1.14 bits per heavy atom. The lowest BCUT2D eigenvalue weighted by Gasteiger charge is -2.24. The highest BCUT2D eigenvalue weighted by Crippen LogP contribution is 2.41. The van der Waals surface area contributed by atoms with Gasteiger partial charge in [-0.25, -0.2) is 4.98 Å². The normalized spacial score (nSPS) is 16.2. The topological polar surface area (TPSA) is 59.8 Å². The van der Waals surface area contributed by atoms with Crippen LogP contribution in [0.2, 0.25) is 0 Å². The van der Waals surface area contributed by atoms with Crippen LogP contribution in [0.5, 0.6) is 0 Å². The summed E-state index contributed by atoms with van der Waals surface area (Å²) < 4.78 is 4.87. The van der Waals surface area contributed by atoms with Gasteiger partial charge in [-0.1, -0.05) is 55.3 Å². The highest BCUT2D eigenvalue weighted by Gasteiger charge is 2.33. The van der Waals surface area contributed by atoms with Gasteiger partial charge in [-0.05, 0) is 42.8 Å². The van der Waals surface area contributed by atoms with Crippen LogP contribution >= 0.6 is 43.2 Å². The summed E-state index contributed by atoms with van der Waals surface area (Å²) >= 11 is 8.54. The lowest BCUT2D eigenvalue weighted by atomic mass is 9.86. The highest BCUT2D eigenvalue weighted by molar-refractivity contribution is 9.10. The Morgan fingerprint density at radius 2 is 1.89 bits per heavy atom. The number of rotatable bonds is 2. The Kier molecular flexibility index (Phi) is 4.37. The van der Waals surface area contributed by atoms with Gasteiger partial charge in [0.05, 0.1) is 15.9 Å². The first-order chi connectivity index (χ1) is 13.5. The van der Waals surface area contributed by atoms with Crippen molar-refractivity contribution in [3.8, 4) is 5.13 Å². The van der Waals surface area contributed by atoms with E-state index < -0.39 is 0 Å². The molecule has 0 radical (unpaired) electrons. The van der Waals surface area contributed by atoms with Crippen molar-refractivity contribution in [2.45, 2.75) is 19.3 Å². The number of carbonyl (C=O) groups is 1. The van der Waals surface area contributed by atoms with E-state index in [0.29, 0.717) is 6.42 Å². The monoisotopic (exact) mass is 516 g/mol. The molecule has 5 rings (SSSR count). The Labute approximate surface area is 182 Å². The highest BCUT2D eigenvalue weighted by atomic mass is 79.9. The Balaban J connectivity index is 1.67. The minimum Gasteiger partial charge on any atom is -0.310 e. The first kappa shape index (κ1) is 18.0. The van der Waals surface area contributed by atoms with Crippen molar-refractivity contribution < 1.29 is 4.79 Å². The molecule has 0 saturated heterocycles. The maximum Gasteiger partial charge on any atom is 0.226 e. The van der Waals surface area contributed by atoms with Crippen molar-refractivity contribution in [1.29, 1.82) is 0 Å². The van der Waals surface area contributed by atoms with E-state index >= 15 is 0 Å². The number of hydrogen-bond acceptors (Lipinski definition) is 4. The standard InChI is InChI=1S/C20H14Br2N4OS/c1-10-18-14(11-2-4-12(21)5-3-11)9-17(27)24-19(18)26(25-10)20-23-15-7-6-13(22)8-16(15)28-20/h2-8,14H,9H2,1H3,(H,24,27)/t14-/m0/s1. The van der Waals surface area contributed by atoms with Crippen LogP contribution in [-0.4, -0.2) is 20.7 Å². The number of amides is 1. The molecule has 0 fully saturated rings. The van der Waals surface area contributed by atoms with Gasteiger partial charge in [0.2, 0.25) is 11.0 Å². The Hall–Kier alpha value is -2.03. The Bertz CT molecular complexity index is 1230. The number of halogens is 2. The summed E-state index contributed by atoms with van der Waals surface area (Å²) in [6.45, 7) is 1.99. The fourth-order valence-electron chi connectivity index (χ4n) is 3.64. The lowest BCUT2D eigenvalue weighted by molar-refractivity contribution is -0.116. The van der Waals surface area contributed by atoms with Gasteiger partial charge in [0.1, 0.15) is 5.82 Å². The first-order valence-corrected chi connectivity index (χ1v) is 11.1. The number of benzene rings is 2. The maximum absolute atomic E-state index is 12.5. The molecule has 1 aliphatic heterocycles. The van der Waals surface area contributed by atoms with Gasteiger partial charge in [-0.15, -0.1) is 0 Å². The molecule has 3 heterocycles. The van der Waals surface area contributed by atoms with E-state index in [1.54, 1.807) is 16.0 Å². The van der Waals surface area contributed by atoms with Crippen molar-refractivity contribution >= 4 is 65.1 Å². The minimum atomic E-state index is -0.0193. The van der Waals surface area contributed by atoms with Crippen molar-refractivity contribution in [2.24, 2.45) is 0 Å². The molecule has 1 N–H and O–H groups in total. The molecule has 4 aromatic rings. The second kappa shape index (κ2) is 6.79. The molecule has 1 atom stereocenters. The molecule has 1 amide bonds. The quantitative estimate of drug-likeness (QED) is 0.366. The zero-order valence-corrected chi connectivity index (χ0v) is 18.7. The molecule has 1 aliphatic rings. The number of aryl methyl sites for hydroxylation is 1. The summed E-state index contributed by atoms with van der Waals surface area (Å²) in [5.74, 6) is 0.694. The van der Waals surface area contributed by atoms with Crippen LogP contribution in [0.25, 0.3) is 15.3 Å². The Morgan fingerprint density at radius 3 is 2.68 bits per heavy atom. The number of hydrogen-bond donors (Lipinski definition) is 1. The molecule has 0 bridgehead atoms. The first-order valence-electron chi connectivity index (χ1n) is 8.71. The predicted molar refractivity (Wildman–Crippen MR) is 118 cm³/mol. The average molecular weight is 518 g/mol. The van der Waals surface area contributed by atoms with Gasteiger partial charge in [0.25, 0.3) is 0 Å². The number of nitrogens with one attached hydrogen (secondary N) is 1. The summed E-state index contributed by atoms with van der Waals surface area (Å²) in [4.78, 5) is 17.2. The van der Waals surface area contributed by atoms with Gasteiger partial charge in [-0.2, -0.15) is 9.78 Å². The van der Waals surface area contributed by atoms with E-state index in [0.717, 1.165) is 46.9 Å². The number of anilines is 1. The molecule has 0 saturated carbocycles. The zero-order chi connectivity index (χ0) is 19.4. The van der Waals surface area contributed by atoms with Crippen molar-refractivity contribution in [3.05, 3.63) is 68.2 Å². The van der Waals surface area contributed by atoms with Crippen molar-refractivity contribution in [3.63, 3.8) is 0 Å².